The van der Waals surface area contributed by atoms with Gasteiger partial charge in [-0.2, -0.15) is 0 Å². The van der Waals surface area contributed by atoms with Crippen LogP contribution in [0.2, 0.25) is 0 Å². The summed E-state index contributed by atoms with van der Waals surface area (Å²) in [7, 11) is 0. The van der Waals surface area contributed by atoms with E-state index in [1.54, 1.807) is 0 Å². The van der Waals surface area contributed by atoms with Crippen LogP contribution in [0.3, 0.4) is 0 Å². The number of hydrogen-bond acceptors (Lipinski definition) is 4. The van der Waals surface area contributed by atoms with E-state index < -0.39 is 0 Å². The maximum atomic E-state index is 4.69. The molecule has 0 radical (unpaired) electrons. The number of benzene rings is 4. The predicted octanol–water partition coefficient (Wildman–Crippen LogP) is 8.90. The van der Waals surface area contributed by atoms with Gasteiger partial charge in [-0.25, -0.2) is 19.9 Å². The zero-order chi connectivity index (χ0) is 26.7. The number of pyridine rings is 4. The minimum atomic E-state index is 0. The molecule has 4 aromatic carbocycles. The summed E-state index contributed by atoms with van der Waals surface area (Å²) in [5, 5.41) is 4.60. The molecule has 0 spiro atoms. The first-order chi connectivity index (χ1) is 19.8. The molecule has 0 saturated heterocycles. The van der Waals surface area contributed by atoms with E-state index >= 15 is 0 Å². The average Bonchev–Trinajstić information content (AvgIpc) is 3.04. The Morgan fingerprint density at radius 3 is 0.707 bits per heavy atom. The molecule has 0 bridgehead atoms. The number of fused-ring (bicyclic) bond motifs is 4. The SMILES string of the molecule is [Ir+3].c1ccc2nc(-c3ccc4ccccc4n3)ccc2c1.c1ccc2nc(-c3ccc4ccccc4n3)ccc2c1. The van der Waals surface area contributed by atoms with Crippen LogP contribution >= 0.6 is 0 Å². The largest absolute Gasteiger partial charge is 3.00 e. The maximum absolute atomic E-state index is 4.69. The van der Waals surface area contributed by atoms with E-state index in [2.05, 4.69) is 68.5 Å². The predicted molar refractivity (Wildman–Crippen MR) is 165 cm³/mol. The zero-order valence-corrected chi connectivity index (χ0v) is 24.4. The van der Waals surface area contributed by atoms with Crippen molar-refractivity contribution >= 4 is 43.6 Å². The van der Waals surface area contributed by atoms with Gasteiger partial charge in [0.25, 0.3) is 0 Å². The van der Waals surface area contributed by atoms with Gasteiger partial charge in [0, 0.05) is 21.5 Å². The van der Waals surface area contributed by atoms with Gasteiger partial charge in [0.05, 0.1) is 44.8 Å². The Balaban J connectivity index is 0.000000144. The molecular weight excluding hydrogens is 681 g/mol. The molecule has 194 valence electrons. The van der Waals surface area contributed by atoms with Crippen molar-refractivity contribution < 1.29 is 20.1 Å². The van der Waals surface area contributed by atoms with E-state index in [1.807, 2.05) is 97.1 Å². The van der Waals surface area contributed by atoms with Crippen LogP contribution in [-0.2, 0) is 20.1 Å². The second-order valence-electron chi connectivity index (χ2n) is 9.56. The number of rotatable bonds is 2. The van der Waals surface area contributed by atoms with Crippen LogP contribution < -0.4 is 0 Å². The molecule has 4 nitrogen and oxygen atoms in total. The summed E-state index contributed by atoms with van der Waals surface area (Å²) in [6, 6.07) is 49.0. The van der Waals surface area contributed by atoms with Crippen molar-refractivity contribution in [1.82, 2.24) is 19.9 Å². The first-order valence-corrected chi connectivity index (χ1v) is 13.2. The molecule has 0 unspecified atom stereocenters. The van der Waals surface area contributed by atoms with Crippen molar-refractivity contribution in [2.45, 2.75) is 0 Å². The number of para-hydroxylation sites is 4. The minimum absolute atomic E-state index is 0. The molecule has 0 amide bonds. The summed E-state index contributed by atoms with van der Waals surface area (Å²) in [5.41, 5.74) is 7.65. The Morgan fingerprint density at radius 2 is 0.463 bits per heavy atom. The van der Waals surface area contributed by atoms with Crippen molar-refractivity contribution in [3.05, 3.63) is 146 Å². The van der Waals surface area contributed by atoms with Crippen LogP contribution in [0.4, 0.5) is 0 Å². The van der Waals surface area contributed by atoms with Crippen molar-refractivity contribution in [3.63, 3.8) is 0 Å². The molecule has 5 heteroatoms. The van der Waals surface area contributed by atoms with Gasteiger partial charge in [-0.05, 0) is 48.5 Å². The summed E-state index contributed by atoms with van der Waals surface area (Å²) in [6.07, 6.45) is 0. The standard InChI is InChI=1S/2C18H12N2.Ir/c2*1-3-7-15-13(5-1)9-11-17(19-15)18-12-10-14-6-2-4-8-16(14)20-18;/h2*1-12H;/q;;+3. The van der Waals surface area contributed by atoms with Gasteiger partial charge in [-0.1, -0.05) is 97.1 Å². The Morgan fingerprint density at radius 1 is 0.244 bits per heavy atom. The van der Waals surface area contributed by atoms with E-state index in [4.69, 9.17) is 0 Å². The average molecular weight is 705 g/mol. The molecule has 0 fully saturated rings. The van der Waals surface area contributed by atoms with Gasteiger partial charge >= 0.3 is 20.1 Å². The topological polar surface area (TPSA) is 51.6 Å². The molecule has 8 rings (SSSR count). The smallest absolute Gasteiger partial charge is 0.246 e. The fourth-order valence-electron chi connectivity index (χ4n) is 4.83. The maximum Gasteiger partial charge on any atom is 3.00 e. The summed E-state index contributed by atoms with van der Waals surface area (Å²) in [5.74, 6) is 0. The molecule has 4 aromatic heterocycles. The van der Waals surface area contributed by atoms with E-state index in [9.17, 15) is 0 Å². The number of hydrogen-bond donors (Lipinski definition) is 0. The van der Waals surface area contributed by atoms with Crippen LogP contribution in [0.5, 0.6) is 0 Å². The van der Waals surface area contributed by atoms with Gasteiger partial charge in [0.1, 0.15) is 0 Å². The van der Waals surface area contributed by atoms with Gasteiger partial charge in [-0.3, -0.25) is 0 Å². The Hall–Kier alpha value is -4.83. The van der Waals surface area contributed by atoms with E-state index in [1.165, 1.54) is 0 Å². The Bertz CT molecular complexity index is 1830. The van der Waals surface area contributed by atoms with E-state index in [0.29, 0.717) is 0 Å². The third-order valence-electron chi connectivity index (χ3n) is 6.92. The van der Waals surface area contributed by atoms with Crippen molar-refractivity contribution in [2.24, 2.45) is 0 Å². The van der Waals surface area contributed by atoms with E-state index in [-0.39, 0.29) is 20.1 Å². The van der Waals surface area contributed by atoms with Crippen molar-refractivity contribution in [3.8, 4) is 22.8 Å². The zero-order valence-electron chi connectivity index (χ0n) is 22.0. The molecule has 0 saturated carbocycles. The van der Waals surface area contributed by atoms with Crippen molar-refractivity contribution in [1.29, 1.82) is 0 Å². The molecule has 4 heterocycles. The minimum Gasteiger partial charge on any atom is -0.246 e. The quantitative estimate of drug-likeness (QED) is 0.181. The van der Waals surface area contributed by atoms with Crippen molar-refractivity contribution in [2.75, 3.05) is 0 Å². The first-order valence-electron chi connectivity index (χ1n) is 13.2. The summed E-state index contributed by atoms with van der Waals surface area (Å²) >= 11 is 0. The van der Waals surface area contributed by atoms with Crippen LogP contribution in [-0.4, -0.2) is 19.9 Å². The molecular formula is C36H24IrN4+3. The molecule has 0 aliphatic carbocycles. The number of aromatic nitrogens is 4. The van der Waals surface area contributed by atoms with E-state index in [0.717, 1.165) is 66.4 Å². The van der Waals surface area contributed by atoms with Gasteiger partial charge in [0.2, 0.25) is 0 Å². The van der Waals surface area contributed by atoms with Crippen LogP contribution in [0.1, 0.15) is 0 Å². The fraction of sp³-hybridized carbons (Fsp3) is 0. The van der Waals surface area contributed by atoms with Crippen LogP contribution in [0, 0.1) is 0 Å². The summed E-state index contributed by atoms with van der Waals surface area (Å²) in [6.45, 7) is 0. The monoisotopic (exact) mass is 705 g/mol. The Labute approximate surface area is 251 Å². The summed E-state index contributed by atoms with van der Waals surface area (Å²) < 4.78 is 0. The number of nitrogens with zero attached hydrogens (tertiary/aromatic N) is 4. The normalized spacial score (nSPS) is 10.7. The second-order valence-corrected chi connectivity index (χ2v) is 9.56. The Kier molecular flexibility index (Phi) is 7.55. The van der Waals surface area contributed by atoms with Crippen LogP contribution in [0.15, 0.2) is 146 Å². The molecule has 41 heavy (non-hydrogen) atoms. The molecule has 0 atom stereocenters. The second kappa shape index (κ2) is 11.7. The molecule has 8 aromatic rings. The molecule has 0 N–H and O–H groups in total. The third-order valence-corrected chi connectivity index (χ3v) is 6.92. The molecule has 0 aliphatic heterocycles. The van der Waals surface area contributed by atoms with Gasteiger partial charge in [0.15, 0.2) is 0 Å². The summed E-state index contributed by atoms with van der Waals surface area (Å²) in [4.78, 5) is 18.8. The third kappa shape index (κ3) is 5.59. The van der Waals surface area contributed by atoms with Crippen LogP contribution in [0.25, 0.3) is 66.4 Å². The molecule has 0 aliphatic rings. The van der Waals surface area contributed by atoms with Gasteiger partial charge < -0.3 is 0 Å². The van der Waals surface area contributed by atoms with Gasteiger partial charge in [-0.15, -0.1) is 0 Å². The fourth-order valence-corrected chi connectivity index (χ4v) is 4.83. The first kappa shape index (κ1) is 26.4.